The van der Waals surface area contributed by atoms with Gasteiger partial charge in [-0.25, -0.2) is 4.79 Å². The Morgan fingerprint density at radius 3 is 2.43 bits per heavy atom. The third kappa shape index (κ3) is 4.35. The van der Waals surface area contributed by atoms with Crippen molar-refractivity contribution >= 4 is 11.9 Å². The molecule has 2 aromatic carbocycles. The topological polar surface area (TPSA) is 102 Å². The molecule has 1 aliphatic heterocycles. The van der Waals surface area contributed by atoms with Gasteiger partial charge in [0.2, 0.25) is 12.5 Å². The fourth-order valence-electron chi connectivity index (χ4n) is 2.92. The minimum atomic E-state index is -1.02. The summed E-state index contributed by atoms with van der Waals surface area (Å²) in [5.74, 6) is 0.946. The SMILES string of the molecule is COc1ccc(C(=O)OC(C)C(=O)NCc2ccc3c(c2)OCO3)c(OC)c1OC. The van der Waals surface area contributed by atoms with E-state index in [-0.39, 0.29) is 30.4 Å². The molecule has 1 heterocycles. The zero-order valence-electron chi connectivity index (χ0n) is 17.1. The number of carbonyl (C=O) groups excluding carboxylic acids is 2. The van der Waals surface area contributed by atoms with Gasteiger partial charge in [0.1, 0.15) is 5.56 Å². The highest BCUT2D eigenvalue weighted by Gasteiger charge is 2.25. The lowest BCUT2D eigenvalue weighted by molar-refractivity contribution is -0.129. The molecule has 0 bridgehead atoms. The van der Waals surface area contributed by atoms with Gasteiger partial charge in [-0.15, -0.1) is 0 Å². The molecule has 0 radical (unpaired) electrons. The third-order valence-corrected chi connectivity index (χ3v) is 4.48. The first-order valence-corrected chi connectivity index (χ1v) is 9.14. The Morgan fingerprint density at radius 2 is 1.73 bits per heavy atom. The molecule has 30 heavy (non-hydrogen) atoms. The standard InChI is InChI=1S/C21H23NO8/c1-12(20(23)22-10-13-5-7-15-17(9-13)29-11-28-15)30-21(24)14-6-8-16(25-2)19(27-4)18(14)26-3/h5-9,12H,10-11H2,1-4H3,(H,22,23). The average Bonchev–Trinajstić information content (AvgIpc) is 3.23. The van der Waals surface area contributed by atoms with Gasteiger partial charge in [0.15, 0.2) is 29.1 Å². The summed E-state index contributed by atoms with van der Waals surface area (Å²) in [6.07, 6.45) is -1.02. The molecule has 9 nitrogen and oxygen atoms in total. The van der Waals surface area contributed by atoms with Crippen LogP contribution >= 0.6 is 0 Å². The quantitative estimate of drug-likeness (QED) is 0.653. The number of hydrogen-bond acceptors (Lipinski definition) is 8. The van der Waals surface area contributed by atoms with Crippen LogP contribution in [0.15, 0.2) is 30.3 Å². The monoisotopic (exact) mass is 417 g/mol. The van der Waals surface area contributed by atoms with Crippen LogP contribution in [0.2, 0.25) is 0 Å². The third-order valence-electron chi connectivity index (χ3n) is 4.48. The maximum atomic E-state index is 12.6. The van der Waals surface area contributed by atoms with Gasteiger partial charge in [0.05, 0.1) is 21.3 Å². The molecule has 1 aliphatic rings. The molecule has 3 rings (SSSR count). The van der Waals surface area contributed by atoms with E-state index in [1.54, 1.807) is 18.2 Å². The second-order valence-electron chi connectivity index (χ2n) is 6.33. The average molecular weight is 417 g/mol. The lowest BCUT2D eigenvalue weighted by atomic mass is 10.1. The van der Waals surface area contributed by atoms with Crippen molar-refractivity contribution in [2.45, 2.75) is 19.6 Å². The molecule has 1 unspecified atom stereocenters. The Labute approximate surface area is 173 Å². The first-order chi connectivity index (χ1) is 14.5. The summed E-state index contributed by atoms with van der Waals surface area (Å²) in [4.78, 5) is 25.0. The molecule has 0 saturated heterocycles. The van der Waals surface area contributed by atoms with Crippen molar-refractivity contribution in [2.75, 3.05) is 28.1 Å². The summed E-state index contributed by atoms with van der Waals surface area (Å²) >= 11 is 0. The van der Waals surface area contributed by atoms with Crippen LogP contribution in [-0.2, 0) is 16.1 Å². The highest BCUT2D eigenvalue weighted by Crippen LogP contribution is 2.40. The molecule has 0 aliphatic carbocycles. The second-order valence-corrected chi connectivity index (χ2v) is 6.33. The Bertz CT molecular complexity index is 943. The van der Waals surface area contributed by atoms with Crippen molar-refractivity contribution < 1.29 is 38.0 Å². The highest BCUT2D eigenvalue weighted by molar-refractivity contribution is 5.96. The minimum Gasteiger partial charge on any atom is -0.493 e. The van der Waals surface area contributed by atoms with Gasteiger partial charge in [-0.2, -0.15) is 0 Å². The smallest absolute Gasteiger partial charge is 0.342 e. The Hall–Kier alpha value is -3.62. The van der Waals surface area contributed by atoms with Gasteiger partial charge >= 0.3 is 5.97 Å². The molecule has 0 spiro atoms. The van der Waals surface area contributed by atoms with E-state index < -0.39 is 18.0 Å². The predicted molar refractivity (Wildman–Crippen MR) is 105 cm³/mol. The molecule has 1 amide bonds. The number of carbonyl (C=O) groups is 2. The van der Waals surface area contributed by atoms with Crippen molar-refractivity contribution in [2.24, 2.45) is 0 Å². The van der Waals surface area contributed by atoms with Crippen LogP contribution in [0.3, 0.4) is 0 Å². The van der Waals surface area contributed by atoms with E-state index in [9.17, 15) is 9.59 Å². The van der Waals surface area contributed by atoms with Gasteiger partial charge in [0, 0.05) is 6.54 Å². The molecule has 0 fully saturated rings. The van der Waals surface area contributed by atoms with Crippen LogP contribution in [0.1, 0.15) is 22.8 Å². The van der Waals surface area contributed by atoms with Crippen LogP contribution in [0.5, 0.6) is 28.7 Å². The predicted octanol–water partition coefficient (Wildman–Crippen LogP) is 2.30. The van der Waals surface area contributed by atoms with E-state index in [4.69, 9.17) is 28.4 Å². The number of esters is 1. The highest BCUT2D eigenvalue weighted by atomic mass is 16.7. The fraction of sp³-hybridized carbons (Fsp3) is 0.333. The van der Waals surface area contributed by atoms with Crippen LogP contribution < -0.4 is 29.0 Å². The first-order valence-electron chi connectivity index (χ1n) is 9.14. The zero-order chi connectivity index (χ0) is 21.7. The van der Waals surface area contributed by atoms with Gasteiger partial charge in [0.25, 0.3) is 5.91 Å². The minimum absolute atomic E-state index is 0.116. The number of hydrogen-bond donors (Lipinski definition) is 1. The molecular weight excluding hydrogens is 394 g/mol. The summed E-state index contributed by atoms with van der Waals surface area (Å²) in [5, 5.41) is 2.73. The summed E-state index contributed by atoms with van der Waals surface area (Å²) in [6, 6.07) is 8.42. The molecule has 1 atom stereocenters. The number of rotatable bonds is 8. The van der Waals surface area contributed by atoms with Gasteiger partial charge in [-0.05, 0) is 36.8 Å². The van der Waals surface area contributed by atoms with Crippen molar-refractivity contribution in [3.63, 3.8) is 0 Å². The van der Waals surface area contributed by atoms with E-state index >= 15 is 0 Å². The molecule has 0 aromatic heterocycles. The molecular formula is C21H23NO8. The summed E-state index contributed by atoms with van der Waals surface area (Å²) in [7, 11) is 4.30. The lowest BCUT2D eigenvalue weighted by Crippen LogP contribution is -2.35. The summed E-state index contributed by atoms with van der Waals surface area (Å²) in [5.41, 5.74) is 0.943. The Kier molecular flexibility index (Phi) is 6.51. The van der Waals surface area contributed by atoms with E-state index in [0.717, 1.165) is 5.56 Å². The number of ether oxygens (including phenoxy) is 6. The van der Waals surface area contributed by atoms with Gasteiger partial charge < -0.3 is 33.7 Å². The van der Waals surface area contributed by atoms with E-state index in [1.165, 1.54) is 34.3 Å². The van der Waals surface area contributed by atoms with Crippen LogP contribution in [-0.4, -0.2) is 46.1 Å². The number of benzene rings is 2. The van der Waals surface area contributed by atoms with Gasteiger partial charge in [-0.3, -0.25) is 4.79 Å². The van der Waals surface area contributed by atoms with Gasteiger partial charge in [-0.1, -0.05) is 6.07 Å². The van der Waals surface area contributed by atoms with Crippen LogP contribution in [0, 0.1) is 0 Å². The molecule has 0 saturated carbocycles. The number of nitrogens with one attached hydrogen (secondary N) is 1. The van der Waals surface area contributed by atoms with E-state index in [0.29, 0.717) is 17.2 Å². The number of fused-ring (bicyclic) bond motifs is 1. The van der Waals surface area contributed by atoms with Crippen LogP contribution in [0.4, 0.5) is 0 Å². The second kappa shape index (κ2) is 9.25. The molecule has 2 aromatic rings. The summed E-state index contributed by atoms with van der Waals surface area (Å²) in [6.45, 7) is 1.91. The first kappa shape index (κ1) is 21.1. The zero-order valence-corrected chi connectivity index (χ0v) is 17.1. The summed E-state index contributed by atoms with van der Waals surface area (Å²) < 4.78 is 31.6. The maximum absolute atomic E-state index is 12.6. The molecule has 1 N–H and O–H groups in total. The van der Waals surface area contributed by atoms with Crippen molar-refractivity contribution in [3.05, 3.63) is 41.5 Å². The van der Waals surface area contributed by atoms with Crippen molar-refractivity contribution in [1.29, 1.82) is 0 Å². The number of amides is 1. The van der Waals surface area contributed by atoms with E-state index in [1.807, 2.05) is 6.07 Å². The van der Waals surface area contributed by atoms with Crippen molar-refractivity contribution in [1.82, 2.24) is 5.32 Å². The molecule has 9 heteroatoms. The Balaban J connectivity index is 1.63. The normalized spacial score (nSPS) is 12.7. The fourth-order valence-corrected chi connectivity index (χ4v) is 2.92. The maximum Gasteiger partial charge on any atom is 0.342 e. The van der Waals surface area contributed by atoms with Crippen molar-refractivity contribution in [3.8, 4) is 28.7 Å². The molecule has 160 valence electrons. The Morgan fingerprint density at radius 1 is 1.00 bits per heavy atom. The van der Waals surface area contributed by atoms with E-state index in [2.05, 4.69) is 5.32 Å². The number of methoxy groups -OCH3 is 3. The largest absolute Gasteiger partial charge is 0.493 e. The van der Waals surface area contributed by atoms with Crippen LogP contribution in [0.25, 0.3) is 0 Å². The lowest BCUT2D eigenvalue weighted by Gasteiger charge is -2.17.